The van der Waals surface area contributed by atoms with Crippen molar-refractivity contribution in [1.82, 2.24) is 14.9 Å². The molecule has 0 radical (unpaired) electrons. The quantitative estimate of drug-likeness (QED) is 0.881. The Bertz CT molecular complexity index is 522. The molecule has 0 saturated heterocycles. The van der Waals surface area contributed by atoms with E-state index in [-0.39, 0.29) is 6.04 Å². The molecule has 0 fully saturated rings. The Morgan fingerprint density at radius 2 is 2.16 bits per heavy atom. The first-order chi connectivity index (χ1) is 9.26. The summed E-state index contributed by atoms with van der Waals surface area (Å²) in [4.78, 5) is 4.49. The predicted octanol–water partition coefficient (Wildman–Crippen LogP) is 3.56. The maximum atomic E-state index is 4.49. The van der Waals surface area contributed by atoms with E-state index in [9.17, 15) is 0 Å². The molecule has 0 saturated carbocycles. The Kier molecular flexibility index (Phi) is 5.16. The Morgan fingerprint density at radius 1 is 1.37 bits per heavy atom. The molecule has 1 heterocycles. The molecular formula is C15H20BrN3. The molecule has 0 aliphatic rings. The molecule has 0 amide bonds. The van der Waals surface area contributed by atoms with Gasteiger partial charge in [0, 0.05) is 35.9 Å². The van der Waals surface area contributed by atoms with Crippen LogP contribution < -0.4 is 5.32 Å². The number of imidazole rings is 1. The average Bonchev–Trinajstić information content (AvgIpc) is 2.85. The maximum Gasteiger partial charge on any atom is 0.110 e. The van der Waals surface area contributed by atoms with Crippen LogP contribution >= 0.6 is 15.9 Å². The van der Waals surface area contributed by atoms with Crippen LogP contribution in [0.4, 0.5) is 0 Å². The summed E-state index contributed by atoms with van der Waals surface area (Å²) >= 11 is 3.62. The van der Waals surface area contributed by atoms with Crippen molar-refractivity contribution in [1.29, 1.82) is 0 Å². The molecule has 2 rings (SSSR count). The topological polar surface area (TPSA) is 29.9 Å². The van der Waals surface area contributed by atoms with Crippen molar-refractivity contribution in [2.75, 3.05) is 7.05 Å². The van der Waals surface area contributed by atoms with Gasteiger partial charge in [-0.1, -0.05) is 41.1 Å². The van der Waals surface area contributed by atoms with E-state index in [4.69, 9.17) is 0 Å². The van der Waals surface area contributed by atoms with Crippen LogP contribution in [0, 0.1) is 0 Å². The monoisotopic (exact) mass is 321 g/mol. The number of nitrogens with one attached hydrogen (secondary N) is 1. The van der Waals surface area contributed by atoms with E-state index in [1.165, 1.54) is 5.56 Å². The zero-order chi connectivity index (χ0) is 13.7. The first-order valence-electron chi connectivity index (χ1n) is 6.68. The molecule has 1 aromatic carbocycles. The fourth-order valence-electron chi connectivity index (χ4n) is 2.28. The largest absolute Gasteiger partial charge is 0.335 e. The third-order valence-electron chi connectivity index (χ3n) is 3.28. The highest BCUT2D eigenvalue weighted by Crippen LogP contribution is 2.25. The minimum Gasteiger partial charge on any atom is -0.335 e. The van der Waals surface area contributed by atoms with E-state index >= 15 is 0 Å². The molecule has 0 bridgehead atoms. The molecule has 2 aromatic rings. The number of halogens is 1. The van der Waals surface area contributed by atoms with Crippen LogP contribution in [0.15, 0.2) is 41.1 Å². The zero-order valence-corrected chi connectivity index (χ0v) is 13.0. The van der Waals surface area contributed by atoms with Crippen LogP contribution in [-0.4, -0.2) is 16.6 Å². The van der Waals surface area contributed by atoms with E-state index < -0.39 is 0 Å². The Hall–Kier alpha value is -1.13. The van der Waals surface area contributed by atoms with Crippen molar-refractivity contribution in [3.05, 3.63) is 52.5 Å². The van der Waals surface area contributed by atoms with Gasteiger partial charge in [-0.05, 0) is 25.1 Å². The van der Waals surface area contributed by atoms with E-state index in [0.29, 0.717) is 0 Å². The molecule has 1 N–H and O–H groups in total. The van der Waals surface area contributed by atoms with Crippen molar-refractivity contribution in [2.24, 2.45) is 0 Å². The van der Waals surface area contributed by atoms with Crippen LogP contribution in [-0.2, 0) is 13.0 Å². The van der Waals surface area contributed by atoms with Crippen molar-refractivity contribution < 1.29 is 0 Å². The minimum absolute atomic E-state index is 0.272. The molecule has 1 unspecified atom stereocenters. The minimum atomic E-state index is 0.272. The molecule has 4 heteroatoms. The second-order valence-corrected chi connectivity index (χ2v) is 5.46. The van der Waals surface area contributed by atoms with Gasteiger partial charge in [-0.3, -0.25) is 0 Å². The SMILES string of the molecule is CCCn1ccnc1CC(NC)c1ccccc1Br. The third kappa shape index (κ3) is 3.45. The highest BCUT2D eigenvalue weighted by Gasteiger charge is 2.15. The van der Waals surface area contributed by atoms with Gasteiger partial charge in [0.05, 0.1) is 0 Å². The number of likely N-dealkylation sites (N-methyl/N-ethyl adjacent to an activating group) is 1. The number of hydrogen-bond acceptors (Lipinski definition) is 2. The lowest BCUT2D eigenvalue weighted by molar-refractivity contribution is 0.541. The summed E-state index contributed by atoms with van der Waals surface area (Å²) in [7, 11) is 2.00. The van der Waals surface area contributed by atoms with Gasteiger partial charge in [-0.2, -0.15) is 0 Å². The summed E-state index contributed by atoms with van der Waals surface area (Å²) in [6, 6.07) is 8.62. The number of hydrogen-bond donors (Lipinski definition) is 1. The average molecular weight is 322 g/mol. The van der Waals surface area contributed by atoms with Gasteiger partial charge in [-0.15, -0.1) is 0 Å². The van der Waals surface area contributed by atoms with Crippen LogP contribution in [0.5, 0.6) is 0 Å². The highest BCUT2D eigenvalue weighted by atomic mass is 79.9. The summed E-state index contributed by atoms with van der Waals surface area (Å²) in [6.45, 7) is 3.22. The van der Waals surface area contributed by atoms with E-state index in [0.717, 1.165) is 29.7 Å². The molecule has 3 nitrogen and oxygen atoms in total. The van der Waals surface area contributed by atoms with E-state index in [1.54, 1.807) is 0 Å². The first kappa shape index (κ1) is 14.3. The Balaban J connectivity index is 2.19. The van der Waals surface area contributed by atoms with Gasteiger partial charge in [0.2, 0.25) is 0 Å². The molecule has 19 heavy (non-hydrogen) atoms. The van der Waals surface area contributed by atoms with Gasteiger partial charge < -0.3 is 9.88 Å². The normalized spacial score (nSPS) is 12.6. The summed E-state index contributed by atoms with van der Waals surface area (Å²) in [5, 5.41) is 3.38. The summed E-state index contributed by atoms with van der Waals surface area (Å²) in [6.07, 6.45) is 5.97. The van der Waals surface area contributed by atoms with E-state index in [1.807, 2.05) is 19.3 Å². The van der Waals surface area contributed by atoms with Crippen LogP contribution in [0.25, 0.3) is 0 Å². The summed E-state index contributed by atoms with van der Waals surface area (Å²) < 4.78 is 3.38. The number of nitrogens with zero attached hydrogens (tertiary/aromatic N) is 2. The van der Waals surface area contributed by atoms with Gasteiger partial charge in [0.25, 0.3) is 0 Å². The Labute approximate surface area is 123 Å². The summed E-state index contributed by atoms with van der Waals surface area (Å²) in [5.74, 6) is 1.14. The summed E-state index contributed by atoms with van der Waals surface area (Å²) in [5.41, 5.74) is 1.27. The fourth-order valence-corrected chi connectivity index (χ4v) is 2.84. The predicted molar refractivity (Wildman–Crippen MR) is 82.2 cm³/mol. The Morgan fingerprint density at radius 3 is 2.84 bits per heavy atom. The van der Waals surface area contributed by atoms with Crippen LogP contribution in [0.1, 0.15) is 30.8 Å². The van der Waals surface area contributed by atoms with Crippen molar-refractivity contribution in [2.45, 2.75) is 32.4 Å². The molecule has 1 aromatic heterocycles. The lowest BCUT2D eigenvalue weighted by Crippen LogP contribution is -2.21. The zero-order valence-electron chi connectivity index (χ0n) is 11.4. The lowest BCUT2D eigenvalue weighted by Gasteiger charge is -2.18. The van der Waals surface area contributed by atoms with Crippen molar-refractivity contribution in [3.63, 3.8) is 0 Å². The van der Waals surface area contributed by atoms with E-state index in [2.05, 4.69) is 62.1 Å². The molecule has 0 aliphatic carbocycles. The number of aryl methyl sites for hydroxylation is 1. The van der Waals surface area contributed by atoms with Gasteiger partial charge >= 0.3 is 0 Å². The van der Waals surface area contributed by atoms with Crippen molar-refractivity contribution >= 4 is 15.9 Å². The molecule has 0 aliphatic heterocycles. The van der Waals surface area contributed by atoms with Gasteiger partial charge in [0.15, 0.2) is 0 Å². The fraction of sp³-hybridized carbons (Fsp3) is 0.400. The molecular weight excluding hydrogens is 302 g/mol. The number of benzene rings is 1. The van der Waals surface area contributed by atoms with Crippen LogP contribution in [0.3, 0.4) is 0 Å². The second kappa shape index (κ2) is 6.87. The van der Waals surface area contributed by atoms with Gasteiger partial charge in [-0.25, -0.2) is 4.98 Å². The van der Waals surface area contributed by atoms with Gasteiger partial charge in [0.1, 0.15) is 5.82 Å². The second-order valence-electron chi connectivity index (χ2n) is 4.60. The molecule has 1 atom stereocenters. The molecule has 0 spiro atoms. The smallest absolute Gasteiger partial charge is 0.110 e. The maximum absolute atomic E-state index is 4.49. The van der Waals surface area contributed by atoms with Crippen molar-refractivity contribution in [3.8, 4) is 0 Å². The first-order valence-corrected chi connectivity index (χ1v) is 7.47. The lowest BCUT2D eigenvalue weighted by atomic mass is 10.0. The number of aromatic nitrogens is 2. The highest BCUT2D eigenvalue weighted by molar-refractivity contribution is 9.10. The standard InChI is InChI=1S/C15H20BrN3/c1-3-9-19-10-8-18-15(19)11-14(17-2)12-6-4-5-7-13(12)16/h4-8,10,14,17H,3,9,11H2,1-2H3. The number of rotatable bonds is 6. The molecule has 102 valence electrons. The third-order valence-corrected chi connectivity index (χ3v) is 4.00. The van der Waals surface area contributed by atoms with Crippen LogP contribution in [0.2, 0.25) is 0 Å².